The van der Waals surface area contributed by atoms with E-state index in [4.69, 9.17) is 27.5 Å². The Morgan fingerprint density at radius 2 is 1.66 bits per heavy atom. The molecule has 270 valence electrons. The summed E-state index contributed by atoms with van der Waals surface area (Å²) in [4.78, 5) is 17.3. The van der Waals surface area contributed by atoms with Crippen LogP contribution in [0.5, 0.6) is 0 Å². The second-order valence-electron chi connectivity index (χ2n) is 11.5. The minimum absolute atomic E-state index is 0.00143. The van der Waals surface area contributed by atoms with Crippen molar-refractivity contribution in [1.29, 1.82) is 0 Å². The molecule has 16 heteroatoms. The van der Waals surface area contributed by atoms with Gasteiger partial charge in [0.1, 0.15) is 34.6 Å². The second kappa shape index (κ2) is 16.3. The predicted octanol–water partition coefficient (Wildman–Crippen LogP) is 3.28. The van der Waals surface area contributed by atoms with Gasteiger partial charge in [-0.15, -0.1) is 11.6 Å². The number of benzene rings is 3. The summed E-state index contributed by atoms with van der Waals surface area (Å²) in [6.07, 6.45) is 0.265. The van der Waals surface area contributed by atoms with Crippen LogP contribution in [0.2, 0.25) is 0 Å². The van der Waals surface area contributed by atoms with Gasteiger partial charge in [-0.3, -0.25) is 9.79 Å². The van der Waals surface area contributed by atoms with Gasteiger partial charge >= 0.3 is 0 Å². The van der Waals surface area contributed by atoms with Crippen LogP contribution in [-0.2, 0) is 24.9 Å². The first-order chi connectivity index (χ1) is 23.7. The highest BCUT2D eigenvalue weighted by Crippen LogP contribution is 2.43. The van der Waals surface area contributed by atoms with Crippen LogP contribution in [0.4, 0.5) is 5.69 Å². The molecular formula is C34H43ClN6O7S2. The van der Waals surface area contributed by atoms with E-state index in [2.05, 4.69) is 19.2 Å². The Morgan fingerprint density at radius 3 is 2.26 bits per heavy atom. The molecule has 1 aliphatic heterocycles. The van der Waals surface area contributed by atoms with Crippen LogP contribution in [-0.4, -0.2) is 77.8 Å². The van der Waals surface area contributed by atoms with E-state index in [1.54, 1.807) is 12.1 Å². The van der Waals surface area contributed by atoms with E-state index < -0.39 is 47.6 Å². The van der Waals surface area contributed by atoms with Gasteiger partial charge in [0.2, 0.25) is 15.4 Å². The number of carbonyl (C=O) groups excluding carboxylic acids is 1. The van der Waals surface area contributed by atoms with Crippen molar-refractivity contribution in [2.24, 2.45) is 16.5 Å². The first kappa shape index (κ1) is 38.8. The number of hydrogen-bond donors (Lipinski definition) is 3. The first-order valence-corrected chi connectivity index (χ1v) is 19.7. The summed E-state index contributed by atoms with van der Waals surface area (Å²) in [5.41, 5.74) is 12.9. The number of ketones is 1. The van der Waals surface area contributed by atoms with Gasteiger partial charge < -0.3 is 25.3 Å². The van der Waals surface area contributed by atoms with Gasteiger partial charge in [-0.2, -0.15) is 0 Å². The molecule has 1 atom stereocenters. The van der Waals surface area contributed by atoms with Crippen molar-refractivity contribution < 1.29 is 30.6 Å². The number of nitrogens with one attached hydrogen (secondary N) is 1. The third-order valence-corrected chi connectivity index (χ3v) is 11.1. The quantitative estimate of drug-likeness (QED) is 0.0290. The lowest BCUT2D eigenvalue weighted by Gasteiger charge is -2.23. The number of nitrogens with two attached hydrogens (primary N) is 2. The van der Waals surface area contributed by atoms with E-state index in [0.717, 1.165) is 43.3 Å². The first-order valence-electron chi connectivity index (χ1n) is 16.3. The fraction of sp³-hybridized carbons (Fsp3) is 0.382. The van der Waals surface area contributed by atoms with Crippen molar-refractivity contribution in [1.82, 2.24) is 9.30 Å². The second-order valence-corrected chi connectivity index (χ2v) is 14.8. The van der Waals surface area contributed by atoms with Crippen LogP contribution in [0.15, 0.2) is 73.8 Å². The Balaban J connectivity index is 1.96. The van der Waals surface area contributed by atoms with Crippen LogP contribution in [0, 0.1) is 0 Å². The third-order valence-electron chi connectivity index (χ3n) is 8.51. The molecule has 1 aliphatic carbocycles. The van der Waals surface area contributed by atoms with Gasteiger partial charge in [-0.05, 0) is 70.9 Å². The van der Waals surface area contributed by atoms with Gasteiger partial charge in [0.05, 0.1) is 27.8 Å². The summed E-state index contributed by atoms with van der Waals surface area (Å²) in [5.74, 6) is -0.782. The number of sulfonamides is 1. The summed E-state index contributed by atoms with van der Waals surface area (Å²) in [6.45, 7) is 11.2. The molecule has 1 heterocycles. The summed E-state index contributed by atoms with van der Waals surface area (Å²) in [7, 11) is -9.78. The SMILES string of the molecule is CCN(CC)c1ccc2c(-c3ccc(S(=O)(=O)NC(CCCN=C(N)N)C(=O)CCl)cc3S(=O)(=O)[O-])c3ccc(=[N+](CC)CC)cc-3oc2c1. The number of anilines is 1. The number of nitrogens with zero attached hydrogens (tertiary/aromatic N) is 3. The standard InChI is InChI=1S/C34H43ClN6O7S2/c1-5-40(6-2)22-11-14-25-30(18-22)48-31-19-23(41(7-3)8-4)12-15-26(31)33(25)27-16-13-24(20-32(27)50(45,46)47)49(43,44)39-28(29(42)21-35)10-9-17-38-34(36)37/h11-16,18-20,28,39H,5-10,17,21H2,1-4H3,(H4-,36,37,38,45,46,47). The number of Topliss-reactive ketones (excluding diaryl/α,β-unsaturated/α-hetero) is 1. The summed E-state index contributed by atoms with van der Waals surface area (Å²) in [5, 5.41) is 1.41. The van der Waals surface area contributed by atoms with Crippen LogP contribution >= 0.6 is 11.6 Å². The highest BCUT2D eigenvalue weighted by molar-refractivity contribution is 7.89. The van der Waals surface area contributed by atoms with Gasteiger partial charge in [0.15, 0.2) is 11.7 Å². The number of fused-ring (bicyclic) bond motifs is 2. The van der Waals surface area contributed by atoms with Gasteiger partial charge in [-0.25, -0.2) is 26.1 Å². The fourth-order valence-electron chi connectivity index (χ4n) is 5.95. The molecule has 0 spiro atoms. The lowest BCUT2D eigenvalue weighted by atomic mass is 9.93. The highest BCUT2D eigenvalue weighted by Gasteiger charge is 2.28. The van der Waals surface area contributed by atoms with E-state index >= 15 is 0 Å². The minimum atomic E-state index is -5.25. The van der Waals surface area contributed by atoms with Crippen molar-refractivity contribution in [3.63, 3.8) is 0 Å². The Morgan fingerprint density at radius 1 is 0.980 bits per heavy atom. The molecule has 0 aromatic heterocycles. The largest absolute Gasteiger partial charge is 0.744 e. The van der Waals surface area contributed by atoms with Crippen LogP contribution < -0.4 is 31.0 Å². The van der Waals surface area contributed by atoms with E-state index in [-0.39, 0.29) is 30.9 Å². The van der Waals surface area contributed by atoms with Crippen LogP contribution in [0.1, 0.15) is 40.5 Å². The molecule has 0 saturated carbocycles. The monoisotopic (exact) mass is 746 g/mol. The lowest BCUT2D eigenvalue weighted by molar-refractivity contribution is -0.118. The molecule has 4 rings (SSSR count). The van der Waals surface area contributed by atoms with Crippen molar-refractivity contribution >= 4 is 60.1 Å². The van der Waals surface area contributed by atoms with Crippen molar-refractivity contribution in [2.45, 2.75) is 56.4 Å². The molecule has 0 radical (unpaired) electrons. The zero-order valence-electron chi connectivity index (χ0n) is 28.5. The summed E-state index contributed by atoms with van der Waals surface area (Å²) >= 11 is 5.76. The smallest absolute Gasteiger partial charge is 0.241 e. The number of rotatable bonds is 16. The zero-order chi connectivity index (χ0) is 36.8. The number of aliphatic imine (C=N–C) groups is 1. The Kier molecular flexibility index (Phi) is 12.7. The molecule has 1 unspecified atom stereocenters. The topological polar surface area (TPSA) is 204 Å². The third kappa shape index (κ3) is 8.64. The average Bonchev–Trinajstić information content (AvgIpc) is 3.08. The number of halogens is 1. The number of carbonyl (C=O) groups is 1. The molecule has 0 saturated heterocycles. The average molecular weight is 747 g/mol. The number of alkyl halides is 1. The summed E-state index contributed by atoms with van der Waals surface area (Å²) < 4.78 is 76.8. The molecular weight excluding hydrogens is 704 g/mol. The number of guanidine groups is 1. The van der Waals surface area contributed by atoms with Crippen LogP contribution in [0.3, 0.4) is 0 Å². The molecule has 0 fully saturated rings. The molecule has 50 heavy (non-hydrogen) atoms. The fourth-order valence-corrected chi connectivity index (χ4v) is 8.20. The zero-order valence-corrected chi connectivity index (χ0v) is 30.9. The van der Waals surface area contributed by atoms with E-state index in [1.165, 1.54) is 12.1 Å². The predicted molar refractivity (Wildman–Crippen MR) is 196 cm³/mol. The van der Waals surface area contributed by atoms with Crippen molar-refractivity contribution in [2.75, 3.05) is 43.5 Å². The maximum Gasteiger partial charge on any atom is 0.241 e. The highest BCUT2D eigenvalue weighted by atomic mass is 35.5. The van der Waals surface area contributed by atoms with E-state index in [0.29, 0.717) is 27.9 Å². The molecule has 2 aliphatic rings. The van der Waals surface area contributed by atoms with Gasteiger partial charge in [0, 0.05) is 59.5 Å². The molecule has 5 N–H and O–H groups in total. The van der Waals surface area contributed by atoms with Gasteiger partial charge in [-0.1, -0.05) is 6.07 Å². The lowest BCUT2D eigenvalue weighted by Crippen LogP contribution is -2.41. The number of hydrogen-bond acceptors (Lipinski definition) is 9. The molecule has 0 bridgehead atoms. The molecule has 2 aromatic rings. The Labute approximate surface area is 297 Å². The van der Waals surface area contributed by atoms with Gasteiger partial charge in [0.25, 0.3) is 0 Å². The molecule has 2 aromatic carbocycles. The maximum atomic E-state index is 13.6. The molecule has 0 amide bonds. The van der Waals surface area contributed by atoms with Crippen molar-refractivity contribution in [3.8, 4) is 22.5 Å². The Hall–Kier alpha value is -4.02. The summed E-state index contributed by atoms with van der Waals surface area (Å²) in [6, 6.07) is 13.2. The van der Waals surface area contributed by atoms with Crippen molar-refractivity contribution in [3.05, 3.63) is 60.0 Å². The van der Waals surface area contributed by atoms with E-state index in [1.807, 2.05) is 52.0 Å². The Bertz CT molecular complexity index is 2150. The maximum absolute atomic E-state index is 13.6. The minimum Gasteiger partial charge on any atom is -0.744 e. The normalized spacial score (nSPS) is 12.6. The van der Waals surface area contributed by atoms with Crippen LogP contribution in [0.25, 0.3) is 33.4 Å². The van der Waals surface area contributed by atoms with E-state index in [9.17, 15) is 26.2 Å². The molecule has 13 nitrogen and oxygen atoms in total.